The van der Waals surface area contributed by atoms with Crippen LogP contribution in [0, 0.1) is 13.8 Å². The lowest BCUT2D eigenvalue weighted by molar-refractivity contribution is -0.130. The van der Waals surface area contributed by atoms with E-state index < -0.39 is 27.5 Å². The van der Waals surface area contributed by atoms with Crippen molar-refractivity contribution in [3.63, 3.8) is 0 Å². The zero-order chi connectivity index (χ0) is 21.5. The highest BCUT2D eigenvalue weighted by Crippen LogP contribution is 2.43. The van der Waals surface area contributed by atoms with Crippen LogP contribution < -0.4 is 0 Å². The number of carbonyl (C=O) groups is 1. The van der Waals surface area contributed by atoms with Crippen molar-refractivity contribution < 1.29 is 18.3 Å². The average Bonchev–Trinajstić information content (AvgIpc) is 3.31. The maximum Gasteiger partial charge on any atom is 0.290 e. The van der Waals surface area contributed by atoms with E-state index in [1.54, 1.807) is 24.3 Å². The zero-order valence-corrected chi connectivity index (χ0v) is 18.2. The number of aryl methyl sites for hydroxylation is 2. The zero-order valence-electron chi connectivity index (χ0n) is 16.6. The van der Waals surface area contributed by atoms with Crippen molar-refractivity contribution in [2.75, 3.05) is 0 Å². The molecule has 0 fully saturated rings. The highest BCUT2D eigenvalue weighted by Gasteiger charge is 2.46. The number of nitrogens with zero attached hydrogens (tertiary/aromatic N) is 1. The molecule has 0 saturated carbocycles. The first kappa shape index (κ1) is 20.4. The van der Waals surface area contributed by atoms with Crippen LogP contribution in [0.2, 0.25) is 0 Å². The van der Waals surface area contributed by atoms with Crippen LogP contribution in [0.25, 0.3) is 0 Å². The molecule has 30 heavy (non-hydrogen) atoms. The van der Waals surface area contributed by atoms with E-state index in [0.717, 1.165) is 16.0 Å². The lowest BCUT2D eigenvalue weighted by Gasteiger charge is -2.26. The number of amides is 1. The van der Waals surface area contributed by atoms with E-state index in [-0.39, 0.29) is 16.3 Å². The van der Waals surface area contributed by atoms with Crippen LogP contribution >= 0.6 is 11.3 Å². The van der Waals surface area contributed by atoms with E-state index in [4.69, 9.17) is 0 Å². The highest BCUT2D eigenvalue weighted by atomic mass is 32.2. The summed E-state index contributed by atoms with van der Waals surface area (Å²) in [5, 5.41) is 12.6. The lowest BCUT2D eigenvalue weighted by Crippen LogP contribution is -2.30. The van der Waals surface area contributed by atoms with E-state index in [9.17, 15) is 18.3 Å². The van der Waals surface area contributed by atoms with Gasteiger partial charge in [-0.25, -0.2) is 8.42 Å². The number of benzene rings is 2. The van der Waals surface area contributed by atoms with Crippen LogP contribution in [0.3, 0.4) is 0 Å². The monoisotopic (exact) mass is 439 g/mol. The summed E-state index contributed by atoms with van der Waals surface area (Å²) < 4.78 is 27.0. The molecule has 7 heteroatoms. The summed E-state index contributed by atoms with van der Waals surface area (Å²) >= 11 is 1.48. The Labute approximate surface area is 179 Å². The minimum absolute atomic E-state index is 0.0533. The average molecular weight is 440 g/mol. The molecular weight excluding hydrogens is 418 g/mol. The molecule has 0 unspecified atom stereocenters. The minimum atomic E-state index is -4.09. The summed E-state index contributed by atoms with van der Waals surface area (Å²) in [7, 11) is -4.09. The third-order valence-corrected chi connectivity index (χ3v) is 7.93. The molecule has 154 valence electrons. The van der Waals surface area contributed by atoms with Crippen LogP contribution in [-0.4, -0.2) is 24.3 Å². The molecule has 0 spiro atoms. The van der Waals surface area contributed by atoms with E-state index in [1.807, 2.05) is 43.5 Å². The number of aliphatic hydroxyl groups is 1. The van der Waals surface area contributed by atoms with Crippen molar-refractivity contribution in [2.45, 2.75) is 31.3 Å². The van der Waals surface area contributed by atoms with Gasteiger partial charge >= 0.3 is 0 Å². The number of sulfone groups is 1. The molecule has 1 atom stereocenters. The first-order chi connectivity index (χ1) is 14.3. The van der Waals surface area contributed by atoms with Crippen molar-refractivity contribution in [1.82, 2.24) is 4.90 Å². The molecular formula is C23H21NO4S2. The maximum absolute atomic E-state index is 13.5. The normalized spacial score (nSPS) is 17.1. The molecule has 0 aliphatic carbocycles. The van der Waals surface area contributed by atoms with Crippen molar-refractivity contribution in [2.24, 2.45) is 0 Å². The molecule has 5 nitrogen and oxygen atoms in total. The predicted molar refractivity (Wildman–Crippen MR) is 117 cm³/mol. The Morgan fingerprint density at radius 2 is 1.57 bits per heavy atom. The van der Waals surface area contributed by atoms with E-state index in [1.165, 1.54) is 28.4 Å². The molecule has 1 amide bonds. The first-order valence-corrected chi connectivity index (χ1v) is 11.8. The topological polar surface area (TPSA) is 74.7 Å². The number of rotatable bonds is 5. The molecule has 1 N–H and O–H groups in total. The predicted octanol–water partition coefficient (Wildman–Crippen LogP) is 4.69. The number of thiophene rings is 1. The van der Waals surface area contributed by atoms with Crippen molar-refractivity contribution in [3.05, 3.63) is 98.3 Å². The van der Waals surface area contributed by atoms with Gasteiger partial charge in [-0.3, -0.25) is 4.79 Å². The van der Waals surface area contributed by atoms with Crippen LogP contribution in [0.4, 0.5) is 0 Å². The Bertz CT molecular complexity index is 1210. The maximum atomic E-state index is 13.5. The Morgan fingerprint density at radius 1 is 0.967 bits per heavy atom. The summed E-state index contributed by atoms with van der Waals surface area (Å²) in [5.41, 5.74) is 2.58. The number of hydrogen-bond acceptors (Lipinski definition) is 5. The summed E-state index contributed by atoms with van der Waals surface area (Å²) in [5.74, 6) is -1.39. The van der Waals surface area contributed by atoms with Gasteiger partial charge in [-0.05, 0) is 43.0 Å². The van der Waals surface area contributed by atoms with Crippen molar-refractivity contribution >= 4 is 27.1 Å². The van der Waals surface area contributed by atoms with E-state index in [0.29, 0.717) is 5.56 Å². The summed E-state index contributed by atoms with van der Waals surface area (Å²) in [4.78, 5) is 15.1. The Hall–Kier alpha value is -2.90. The highest BCUT2D eigenvalue weighted by molar-refractivity contribution is 7.95. The third kappa shape index (κ3) is 3.55. The summed E-state index contributed by atoms with van der Waals surface area (Å²) in [6, 6.07) is 16.6. The third-order valence-electron chi connectivity index (χ3n) is 5.18. The minimum Gasteiger partial charge on any atom is -0.502 e. The Kier molecular flexibility index (Phi) is 5.26. The molecule has 1 aromatic heterocycles. The van der Waals surface area contributed by atoms with Gasteiger partial charge in [0.25, 0.3) is 5.91 Å². The fourth-order valence-corrected chi connectivity index (χ4v) is 5.91. The van der Waals surface area contributed by atoms with Gasteiger partial charge in [-0.2, -0.15) is 0 Å². The number of aliphatic hydroxyl groups excluding tert-OH is 1. The second-order valence-electron chi connectivity index (χ2n) is 7.35. The van der Waals surface area contributed by atoms with Gasteiger partial charge in [0, 0.05) is 4.88 Å². The van der Waals surface area contributed by atoms with Crippen LogP contribution in [0.1, 0.15) is 27.6 Å². The molecule has 0 bridgehead atoms. The number of hydrogen-bond donors (Lipinski definition) is 1. The van der Waals surface area contributed by atoms with Crippen LogP contribution in [0.5, 0.6) is 0 Å². The molecule has 4 rings (SSSR count). The Balaban J connectivity index is 1.86. The SMILES string of the molecule is Cc1ccc([C@H]2C(S(=O)(=O)c3ccc(C)cc3)=C(O)C(=O)N2Cc2cccs2)cc1. The second kappa shape index (κ2) is 7.74. The van der Waals surface area contributed by atoms with Crippen molar-refractivity contribution in [3.8, 4) is 0 Å². The van der Waals surface area contributed by atoms with E-state index in [2.05, 4.69) is 0 Å². The summed E-state index contributed by atoms with van der Waals surface area (Å²) in [6.45, 7) is 4.01. The molecule has 0 radical (unpaired) electrons. The van der Waals surface area contributed by atoms with Gasteiger partial charge in [0.05, 0.1) is 17.5 Å². The summed E-state index contributed by atoms with van der Waals surface area (Å²) in [6.07, 6.45) is 0. The van der Waals surface area contributed by atoms with Gasteiger partial charge in [0.2, 0.25) is 9.84 Å². The molecule has 2 heterocycles. The van der Waals surface area contributed by atoms with Gasteiger partial charge in [-0.1, -0.05) is 53.6 Å². The molecule has 3 aromatic rings. The van der Waals surface area contributed by atoms with Crippen LogP contribution in [-0.2, 0) is 21.2 Å². The van der Waals surface area contributed by atoms with Gasteiger partial charge < -0.3 is 10.0 Å². The fraction of sp³-hybridized carbons (Fsp3) is 0.174. The fourth-order valence-electron chi connectivity index (χ4n) is 3.56. The Morgan fingerprint density at radius 3 is 2.13 bits per heavy atom. The van der Waals surface area contributed by atoms with E-state index >= 15 is 0 Å². The lowest BCUT2D eigenvalue weighted by atomic mass is 10.0. The van der Waals surface area contributed by atoms with Gasteiger partial charge in [0.1, 0.15) is 4.91 Å². The standard InChI is InChI=1S/C23H21NO4S2/c1-15-5-9-17(10-6-15)20-22(30(27,28)19-11-7-16(2)8-12-19)21(25)23(26)24(20)14-18-4-3-13-29-18/h3-13,20,25H,14H2,1-2H3/t20-/m0/s1. The first-order valence-electron chi connectivity index (χ1n) is 9.44. The number of carbonyl (C=O) groups excluding carboxylic acids is 1. The quantitative estimate of drug-likeness (QED) is 0.626. The molecule has 2 aromatic carbocycles. The van der Waals surface area contributed by atoms with Crippen molar-refractivity contribution in [1.29, 1.82) is 0 Å². The largest absolute Gasteiger partial charge is 0.502 e. The van der Waals surface area contributed by atoms with Gasteiger partial charge in [-0.15, -0.1) is 11.3 Å². The molecule has 1 aliphatic heterocycles. The molecule has 1 aliphatic rings. The van der Waals surface area contributed by atoms with Gasteiger partial charge in [0.15, 0.2) is 5.76 Å². The second-order valence-corrected chi connectivity index (χ2v) is 10.3. The van der Waals surface area contributed by atoms with Crippen LogP contribution in [0.15, 0.2) is 81.6 Å². The molecule has 0 saturated heterocycles. The smallest absolute Gasteiger partial charge is 0.290 e.